The lowest BCUT2D eigenvalue weighted by atomic mass is 9.85. The van der Waals surface area contributed by atoms with Crippen molar-refractivity contribution in [2.45, 2.75) is 38.6 Å². The fraction of sp³-hybridized carbons (Fsp3) is 0.625. The molecule has 1 aromatic carbocycles. The lowest BCUT2D eigenvalue weighted by Crippen LogP contribution is -2.39. The smallest absolute Gasteiger partial charge is 0.163 e. The summed E-state index contributed by atoms with van der Waals surface area (Å²) in [4.78, 5) is 2.33. The van der Waals surface area contributed by atoms with E-state index in [0.717, 1.165) is 22.9 Å². The van der Waals surface area contributed by atoms with Gasteiger partial charge in [0.25, 0.3) is 0 Å². The highest BCUT2D eigenvalue weighted by molar-refractivity contribution is 5.73. The van der Waals surface area contributed by atoms with Crippen LogP contribution in [0.1, 0.15) is 32.6 Å². The number of fused-ring (bicyclic) bond motifs is 1. The van der Waals surface area contributed by atoms with Crippen molar-refractivity contribution in [3.63, 3.8) is 0 Å². The van der Waals surface area contributed by atoms with E-state index in [1.165, 1.54) is 25.7 Å². The van der Waals surface area contributed by atoms with Crippen LogP contribution in [0.25, 0.3) is 0 Å². The Morgan fingerprint density at radius 3 is 2.45 bits per heavy atom. The molecule has 1 aliphatic heterocycles. The number of anilines is 2. The van der Waals surface area contributed by atoms with Crippen LogP contribution in [-0.4, -0.2) is 26.3 Å². The zero-order valence-electron chi connectivity index (χ0n) is 12.4. The summed E-state index contributed by atoms with van der Waals surface area (Å²) in [6.45, 7) is 3.55. The summed E-state index contributed by atoms with van der Waals surface area (Å²) in [5.74, 6) is 2.29. The Hall–Kier alpha value is -1.58. The Morgan fingerprint density at radius 2 is 1.75 bits per heavy atom. The lowest BCUT2D eigenvalue weighted by Gasteiger charge is -2.38. The molecule has 0 bridgehead atoms. The van der Waals surface area contributed by atoms with Crippen molar-refractivity contribution in [1.29, 1.82) is 0 Å². The van der Waals surface area contributed by atoms with Gasteiger partial charge in [-0.05, 0) is 18.8 Å². The molecule has 0 amide bonds. The molecule has 0 aromatic heterocycles. The highest BCUT2D eigenvalue weighted by Gasteiger charge is 2.27. The Balaban J connectivity index is 1.88. The van der Waals surface area contributed by atoms with Gasteiger partial charge in [-0.25, -0.2) is 0 Å². The molecule has 1 aliphatic carbocycles. The van der Waals surface area contributed by atoms with Gasteiger partial charge in [0.05, 0.1) is 11.4 Å². The molecule has 1 saturated carbocycles. The molecule has 4 nitrogen and oxygen atoms in total. The average Bonchev–Trinajstić information content (AvgIpc) is 2.46. The Kier molecular flexibility index (Phi) is 3.64. The minimum Gasteiger partial charge on any atom is -0.486 e. The van der Waals surface area contributed by atoms with Gasteiger partial charge in [-0.1, -0.05) is 19.8 Å². The Labute approximate surface area is 120 Å². The fourth-order valence-electron chi connectivity index (χ4n) is 3.45. The molecule has 0 saturated heterocycles. The largest absolute Gasteiger partial charge is 0.486 e. The minimum absolute atomic E-state index is 0.564. The highest BCUT2D eigenvalue weighted by atomic mass is 16.6. The summed E-state index contributed by atoms with van der Waals surface area (Å²) in [7, 11) is 2.15. The average molecular weight is 276 g/mol. The van der Waals surface area contributed by atoms with Crippen LogP contribution in [0.3, 0.4) is 0 Å². The molecule has 2 aliphatic rings. The summed E-state index contributed by atoms with van der Waals surface area (Å²) < 4.78 is 11.3. The summed E-state index contributed by atoms with van der Waals surface area (Å²) >= 11 is 0. The molecule has 4 heteroatoms. The van der Waals surface area contributed by atoms with Crippen molar-refractivity contribution in [3.8, 4) is 11.5 Å². The molecule has 1 fully saturated rings. The van der Waals surface area contributed by atoms with Crippen LogP contribution in [0.15, 0.2) is 12.1 Å². The van der Waals surface area contributed by atoms with Gasteiger partial charge in [-0.2, -0.15) is 0 Å². The zero-order chi connectivity index (χ0) is 14.1. The quantitative estimate of drug-likeness (QED) is 0.843. The van der Waals surface area contributed by atoms with E-state index in [1.807, 2.05) is 12.1 Å². The van der Waals surface area contributed by atoms with Gasteiger partial charge in [0.2, 0.25) is 0 Å². The molecule has 2 N–H and O–H groups in total. The third-order valence-corrected chi connectivity index (χ3v) is 4.64. The first kappa shape index (κ1) is 13.4. The highest BCUT2D eigenvalue weighted by Crippen LogP contribution is 2.40. The molecule has 0 radical (unpaired) electrons. The molecule has 2 atom stereocenters. The van der Waals surface area contributed by atoms with Crippen molar-refractivity contribution in [2.75, 3.05) is 30.9 Å². The van der Waals surface area contributed by atoms with Crippen molar-refractivity contribution < 1.29 is 9.47 Å². The number of hydrogen-bond acceptors (Lipinski definition) is 4. The monoisotopic (exact) mass is 276 g/mol. The van der Waals surface area contributed by atoms with Crippen LogP contribution in [0.2, 0.25) is 0 Å². The van der Waals surface area contributed by atoms with E-state index in [9.17, 15) is 0 Å². The number of ether oxygens (including phenoxy) is 2. The van der Waals surface area contributed by atoms with Crippen molar-refractivity contribution >= 4 is 11.4 Å². The molecular formula is C16H24N2O2. The van der Waals surface area contributed by atoms with Gasteiger partial charge in [0.15, 0.2) is 11.5 Å². The van der Waals surface area contributed by atoms with E-state index >= 15 is 0 Å². The maximum atomic E-state index is 6.22. The molecule has 20 heavy (non-hydrogen) atoms. The first-order chi connectivity index (χ1) is 9.66. The maximum Gasteiger partial charge on any atom is 0.163 e. The standard InChI is InChI=1S/C16H24N2O2/c1-11-5-3-4-6-13(11)18(2)14-10-16-15(9-12(14)17)19-7-8-20-16/h9-11,13H,3-8,17H2,1-2H3. The van der Waals surface area contributed by atoms with E-state index in [0.29, 0.717) is 25.2 Å². The summed E-state index contributed by atoms with van der Waals surface area (Å²) in [6, 6.07) is 4.49. The third-order valence-electron chi connectivity index (χ3n) is 4.64. The van der Waals surface area contributed by atoms with Crippen LogP contribution in [0.5, 0.6) is 11.5 Å². The second-order valence-corrected chi connectivity index (χ2v) is 5.99. The topological polar surface area (TPSA) is 47.7 Å². The van der Waals surface area contributed by atoms with E-state index in [4.69, 9.17) is 15.2 Å². The van der Waals surface area contributed by atoms with Gasteiger partial charge in [-0.3, -0.25) is 0 Å². The van der Waals surface area contributed by atoms with E-state index in [-0.39, 0.29) is 0 Å². The van der Waals surface area contributed by atoms with Crippen LogP contribution in [0, 0.1) is 5.92 Å². The first-order valence-electron chi connectivity index (χ1n) is 7.59. The van der Waals surface area contributed by atoms with Gasteiger partial charge < -0.3 is 20.1 Å². The minimum atomic E-state index is 0.564. The number of nitrogen functional groups attached to an aromatic ring is 1. The van der Waals surface area contributed by atoms with Crippen molar-refractivity contribution in [1.82, 2.24) is 0 Å². The molecular weight excluding hydrogens is 252 g/mol. The van der Waals surface area contributed by atoms with E-state index < -0.39 is 0 Å². The summed E-state index contributed by atoms with van der Waals surface area (Å²) in [5, 5.41) is 0. The SMILES string of the molecule is CC1CCCCC1N(C)c1cc2c(cc1N)OCCO2. The lowest BCUT2D eigenvalue weighted by molar-refractivity contribution is 0.171. The van der Waals surface area contributed by atoms with Crippen LogP contribution in [0.4, 0.5) is 11.4 Å². The Bertz CT molecular complexity index is 490. The third kappa shape index (κ3) is 2.39. The number of benzene rings is 1. The first-order valence-corrected chi connectivity index (χ1v) is 7.59. The molecule has 0 spiro atoms. The zero-order valence-corrected chi connectivity index (χ0v) is 12.4. The second-order valence-electron chi connectivity index (χ2n) is 5.99. The van der Waals surface area contributed by atoms with Gasteiger partial charge >= 0.3 is 0 Å². The van der Waals surface area contributed by atoms with E-state index in [1.54, 1.807) is 0 Å². The molecule has 110 valence electrons. The summed E-state index contributed by atoms with van der Waals surface area (Å²) in [6.07, 6.45) is 5.21. The van der Waals surface area contributed by atoms with Crippen LogP contribution in [-0.2, 0) is 0 Å². The predicted octanol–water partition coefficient (Wildman–Crippen LogP) is 3.05. The van der Waals surface area contributed by atoms with Crippen molar-refractivity contribution in [3.05, 3.63) is 12.1 Å². The number of nitrogens with zero attached hydrogens (tertiary/aromatic N) is 1. The summed E-state index contributed by atoms with van der Waals surface area (Å²) in [5.41, 5.74) is 8.06. The predicted molar refractivity (Wildman–Crippen MR) is 81.7 cm³/mol. The van der Waals surface area contributed by atoms with Gasteiger partial charge in [0.1, 0.15) is 13.2 Å². The van der Waals surface area contributed by atoms with Gasteiger partial charge in [-0.15, -0.1) is 0 Å². The number of hydrogen-bond donors (Lipinski definition) is 1. The van der Waals surface area contributed by atoms with Crippen LogP contribution < -0.4 is 20.1 Å². The van der Waals surface area contributed by atoms with Gasteiger partial charge in [0, 0.05) is 25.2 Å². The van der Waals surface area contributed by atoms with E-state index in [2.05, 4.69) is 18.9 Å². The maximum absolute atomic E-state index is 6.22. The Morgan fingerprint density at radius 1 is 1.10 bits per heavy atom. The molecule has 2 unspecified atom stereocenters. The molecule has 1 heterocycles. The van der Waals surface area contributed by atoms with Crippen LogP contribution >= 0.6 is 0 Å². The molecule has 3 rings (SSSR count). The number of rotatable bonds is 2. The fourth-order valence-corrected chi connectivity index (χ4v) is 3.45. The molecule has 1 aromatic rings. The normalized spacial score (nSPS) is 25.3. The van der Waals surface area contributed by atoms with Crippen molar-refractivity contribution in [2.24, 2.45) is 5.92 Å². The second kappa shape index (κ2) is 5.43. The number of nitrogens with two attached hydrogens (primary N) is 1.